The third kappa shape index (κ3) is 4.07. The predicted octanol–water partition coefficient (Wildman–Crippen LogP) is 2.50. The first-order valence-corrected chi connectivity index (χ1v) is 9.10. The summed E-state index contributed by atoms with van der Waals surface area (Å²) >= 11 is 0. The summed E-state index contributed by atoms with van der Waals surface area (Å²) in [7, 11) is 0. The molecule has 1 aliphatic rings. The van der Waals surface area contributed by atoms with E-state index in [0.29, 0.717) is 29.6 Å². The minimum absolute atomic E-state index is 0.0747. The zero-order chi connectivity index (χ0) is 17.6. The summed E-state index contributed by atoms with van der Waals surface area (Å²) in [6, 6.07) is 7.17. The largest absolute Gasteiger partial charge is 0.376 e. The summed E-state index contributed by atoms with van der Waals surface area (Å²) in [5.74, 6) is -0.254. The lowest BCUT2D eigenvalue weighted by Gasteiger charge is -2.13. The van der Waals surface area contributed by atoms with E-state index in [-0.39, 0.29) is 17.6 Å². The van der Waals surface area contributed by atoms with Crippen molar-refractivity contribution >= 4 is 16.7 Å². The van der Waals surface area contributed by atoms with Crippen molar-refractivity contribution in [3.63, 3.8) is 0 Å². The summed E-state index contributed by atoms with van der Waals surface area (Å²) in [5.41, 5.74) is 0.173. The Kier molecular flexibility index (Phi) is 5.81. The number of hydrogen-bond donors (Lipinski definition) is 1. The van der Waals surface area contributed by atoms with Crippen LogP contribution >= 0.6 is 0 Å². The normalized spacial score (nSPS) is 17.1. The van der Waals surface area contributed by atoms with Crippen LogP contribution in [0.25, 0.3) is 10.8 Å². The standard InChI is InChI=1S/C19H25N3O3/c1-2-3-6-11-22-19(24)16-10-5-4-9-15(16)17(21-22)18(23)20-13-14-8-7-12-25-14/h4-5,9-10,14H,2-3,6-8,11-13H2,1H3,(H,20,23)/t14-/m0/s1. The van der Waals surface area contributed by atoms with Gasteiger partial charge in [-0.1, -0.05) is 38.0 Å². The smallest absolute Gasteiger partial charge is 0.274 e. The zero-order valence-electron chi connectivity index (χ0n) is 14.7. The van der Waals surface area contributed by atoms with Crippen LogP contribution in [0.4, 0.5) is 0 Å². The minimum Gasteiger partial charge on any atom is -0.376 e. The highest BCUT2D eigenvalue weighted by molar-refractivity contribution is 6.04. The van der Waals surface area contributed by atoms with Crippen molar-refractivity contribution in [2.24, 2.45) is 0 Å². The zero-order valence-corrected chi connectivity index (χ0v) is 14.7. The van der Waals surface area contributed by atoms with Gasteiger partial charge in [0.2, 0.25) is 0 Å². The highest BCUT2D eigenvalue weighted by Crippen LogP contribution is 2.15. The number of rotatable bonds is 7. The average Bonchev–Trinajstić information content (AvgIpc) is 3.15. The lowest BCUT2D eigenvalue weighted by molar-refractivity contribution is 0.0853. The molecule has 0 saturated carbocycles. The molecule has 0 radical (unpaired) electrons. The van der Waals surface area contributed by atoms with Gasteiger partial charge in [0.25, 0.3) is 11.5 Å². The van der Waals surface area contributed by atoms with Crippen LogP contribution in [0.15, 0.2) is 29.1 Å². The Morgan fingerprint density at radius 1 is 1.32 bits per heavy atom. The predicted molar refractivity (Wildman–Crippen MR) is 96.8 cm³/mol. The van der Waals surface area contributed by atoms with Crippen molar-refractivity contribution in [1.82, 2.24) is 15.1 Å². The molecule has 6 heteroatoms. The van der Waals surface area contributed by atoms with Gasteiger partial charge in [0, 0.05) is 25.1 Å². The number of unbranched alkanes of at least 4 members (excludes halogenated alkanes) is 2. The molecule has 0 aliphatic carbocycles. The van der Waals surface area contributed by atoms with Gasteiger partial charge in [-0.25, -0.2) is 4.68 Å². The first-order valence-electron chi connectivity index (χ1n) is 9.10. The molecular formula is C19H25N3O3. The van der Waals surface area contributed by atoms with Gasteiger partial charge in [0.1, 0.15) is 0 Å². The summed E-state index contributed by atoms with van der Waals surface area (Å²) in [6.07, 6.45) is 5.04. The monoisotopic (exact) mass is 343 g/mol. The third-order valence-corrected chi connectivity index (χ3v) is 4.57. The van der Waals surface area contributed by atoms with E-state index in [1.807, 2.05) is 12.1 Å². The highest BCUT2D eigenvalue weighted by Gasteiger charge is 2.20. The van der Waals surface area contributed by atoms with Gasteiger partial charge in [0.15, 0.2) is 5.69 Å². The Morgan fingerprint density at radius 3 is 2.84 bits per heavy atom. The lowest BCUT2D eigenvalue weighted by Crippen LogP contribution is -2.34. The van der Waals surface area contributed by atoms with Crippen molar-refractivity contribution in [1.29, 1.82) is 0 Å². The first-order chi connectivity index (χ1) is 12.2. The molecular weight excluding hydrogens is 318 g/mol. The number of hydrogen-bond acceptors (Lipinski definition) is 4. The van der Waals surface area contributed by atoms with E-state index in [2.05, 4.69) is 17.3 Å². The van der Waals surface area contributed by atoms with E-state index in [0.717, 1.165) is 38.7 Å². The Bertz CT molecular complexity index is 794. The Morgan fingerprint density at radius 2 is 2.12 bits per heavy atom. The van der Waals surface area contributed by atoms with E-state index >= 15 is 0 Å². The lowest BCUT2D eigenvalue weighted by atomic mass is 10.1. The molecule has 1 atom stereocenters. The number of amides is 1. The van der Waals surface area contributed by atoms with E-state index in [1.165, 1.54) is 4.68 Å². The molecule has 1 aromatic carbocycles. The van der Waals surface area contributed by atoms with Crippen LogP contribution in [0.5, 0.6) is 0 Å². The van der Waals surface area contributed by atoms with Crippen LogP contribution in [0.1, 0.15) is 49.5 Å². The van der Waals surface area contributed by atoms with Gasteiger partial charge in [-0.05, 0) is 25.3 Å². The molecule has 25 heavy (non-hydrogen) atoms. The number of benzene rings is 1. The number of carbonyl (C=O) groups excluding carboxylic acids is 1. The van der Waals surface area contributed by atoms with E-state index in [9.17, 15) is 9.59 Å². The van der Waals surface area contributed by atoms with Crippen molar-refractivity contribution in [3.8, 4) is 0 Å². The minimum atomic E-state index is -0.254. The van der Waals surface area contributed by atoms with Crippen LogP contribution in [-0.2, 0) is 11.3 Å². The SMILES string of the molecule is CCCCCn1nc(C(=O)NC[C@@H]2CCCO2)c2ccccc2c1=O. The number of nitrogens with zero attached hydrogens (tertiary/aromatic N) is 2. The number of fused-ring (bicyclic) bond motifs is 1. The second-order valence-corrected chi connectivity index (χ2v) is 6.47. The fraction of sp³-hybridized carbons (Fsp3) is 0.526. The molecule has 1 saturated heterocycles. The van der Waals surface area contributed by atoms with Gasteiger partial charge in [-0.15, -0.1) is 0 Å². The summed E-state index contributed by atoms with van der Waals surface area (Å²) < 4.78 is 6.97. The summed E-state index contributed by atoms with van der Waals surface area (Å²) in [4.78, 5) is 25.3. The van der Waals surface area contributed by atoms with Gasteiger partial charge >= 0.3 is 0 Å². The molecule has 134 valence electrons. The maximum absolute atomic E-state index is 12.7. The van der Waals surface area contributed by atoms with Gasteiger partial charge in [-0.3, -0.25) is 9.59 Å². The number of carbonyl (C=O) groups is 1. The van der Waals surface area contributed by atoms with Crippen molar-refractivity contribution in [2.75, 3.05) is 13.2 Å². The number of aromatic nitrogens is 2. The molecule has 1 fully saturated rings. The van der Waals surface area contributed by atoms with Crippen molar-refractivity contribution in [3.05, 3.63) is 40.3 Å². The maximum Gasteiger partial charge on any atom is 0.274 e. The van der Waals surface area contributed by atoms with Crippen LogP contribution in [0, 0.1) is 0 Å². The molecule has 0 bridgehead atoms. The van der Waals surface area contributed by atoms with Crippen LogP contribution in [0.2, 0.25) is 0 Å². The fourth-order valence-corrected chi connectivity index (χ4v) is 3.16. The van der Waals surface area contributed by atoms with E-state index in [4.69, 9.17) is 4.74 Å². The van der Waals surface area contributed by atoms with Gasteiger partial charge in [-0.2, -0.15) is 5.10 Å². The molecule has 2 heterocycles. The van der Waals surface area contributed by atoms with Gasteiger partial charge < -0.3 is 10.1 Å². The Balaban J connectivity index is 1.87. The van der Waals surface area contributed by atoms with Crippen LogP contribution < -0.4 is 10.9 Å². The van der Waals surface area contributed by atoms with Crippen molar-refractivity contribution in [2.45, 2.75) is 51.7 Å². The molecule has 6 nitrogen and oxygen atoms in total. The molecule has 1 aliphatic heterocycles. The quantitative estimate of drug-likeness (QED) is 0.784. The van der Waals surface area contributed by atoms with Crippen LogP contribution in [0.3, 0.4) is 0 Å². The van der Waals surface area contributed by atoms with E-state index < -0.39 is 0 Å². The number of ether oxygens (including phenoxy) is 1. The first kappa shape index (κ1) is 17.6. The summed E-state index contributed by atoms with van der Waals surface area (Å²) in [5, 5.41) is 8.41. The maximum atomic E-state index is 12.7. The summed E-state index contributed by atoms with van der Waals surface area (Å²) in [6.45, 7) is 3.87. The molecule has 2 aromatic rings. The van der Waals surface area contributed by atoms with Crippen molar-refractivity contribution < 1.29 is 9.53 Å². The topological polar surface area (TPSA) is 73.2 Å². The molecule has 1 amide bonds. The molecule has 1 N–H and O–H groups in total. The third-order valence-electron chi connectivity index (χ3n) is 4.57. The van der Waals surface area contributed by atoms with Gasteiger partial charge in [0.05, 0.1) is 11.5 Å². The Hall–Kier alpha value is -2.21. The van der Waals surface area contributed by atoms with E-state index in [1.54, 1.807) is 12.1 Å². The number of aryl methyl sites for hydroxylation is 1. The second-order valence-electron chi connectivity index (χ2n) is 6.47. The fourth-order valence-electron chi connectivity index (χ4n) is 3.16. The molecule has 0 spiro atoms. The van der Waals surface area contributed by atoms with Crippen LogP contribution in [-0.4, -0.2) is 34.9 Å². The Labute approximate surface area is 147 Å². The second kappa shape index (κ2) is 8.25. The molecule has 3 rings (SSSR count). The number of nitrogens with one attached hydrogen (secondary N) is 1. The highest BCUT2D eigenvalue weighted by atomic mass is 16.5. The molecule has 0 unspecified atom stereocenters. The average molecular weight is 343 g/mol. The molecule has 1 aromatic heterocycles.